The molecule has 0 aliphatic carbocycles. The number of amidine groups is 2. The van der Waals surface area contributed by atoms with Gasteiger partial charge in [0.2, 0.25) is 11.6 Å². The number of halogens is 2. The van der Waals surface area contributed by atoms with Crippen LogP contribution in [0.3, 0.4) is 0 Å². The maximum atomic E-state index is 15.6. The van der Waals surface area contributed by atoms with Gasteiger partial charge in [-0.05, 0) is 36.4 Å². The maximum absolute atomic E-state index is 15.6. The molecule has 4 aromatic rings. The van der Waals surface area contributed by atoms with Crippen LogP contribution >= 0.6 is 11.8 Å². The summed E-state index contributed by atoms with van der Waals surface area (Å²) in [5.74, 6) is -4.62. The number of nitrogens with zero attached hydrogens (tertiary/aromatic N) is 5. The SMILES string of the molecule is COC(=O)c1cnc(Sc2ccc(Oc3c(F)cnc(Oc4cc(C(=N)N)ccc4O)c3F)c(C3=NCCN3C)c2)n1C. The van der Waals surface area contributed by atoms with Crippen molar-refractivity contribution in [1.82, 2.24) is 19.4 Å². The van der Waals surface area contributed by atoms with Gasteiger partial charge in [-0.3, -0.25) is 10.4 Å². The third kappa shape index (κ3) is 5.92. The molecule has 3 heterocycles. The van der Waals surface area contributed by atoms with Gasteiger partial charge in [0.05, 0.1) is 31.6 Å². The fourth-order valence-corrected chi connectivity index (χ4v) is 4.99. The quantitative estimate of drug-likeness (QED) is 0.142. The van der Waals surface area contributed by atoms with Crippen molar-refractivity contribution < 1.29 is 32.9 Å². The monoisotopic (exact) mass is 609 g/mol. The third-order valence-electron chi connectivity index (χ3n) is 6.39. The van der Waals surface area contributed by atoms with Gasteiger partial charge in [0.25, 0.3) is 5.88 Å². The van der Waals surface area contributed by atoms with E-state index < -0.39 is 29.2 Å². The topological polar surface area (TPSA) is 161 Å². The Morgan fingerprint density at radius 2 is 1.88 bits per heavy atom. The molecule has 5 rings (SSSR count). The first kappa shape index (κ1) is 29.3. The van der Waals surface area contributed by atoms with E-state index >= 15 is 4.39 Å². The zero-order chi connectivity index (χ0) is 30.8. The molecule has 0 fully saturated rings. The second-order valence-electron chi connectivity index (χ2n) is 9.22. The molecule has 4 N–H and O–H groups in total. The minimum absolute atomic E-state index is 0.100. The van der Waals surface area contributed by atoms with Gasteiger partial charge < -0.3 is 34.5 Å². The number of ether oxygens (including phenoxy) is 3. The summed E-state index contributed by atoms with van der Waals surface area (Å²) in [6, 6.07) is 8.78. The second-order valence-corrected chi connectivity index (χ2v) is 10.3. The number of nitrogens with two attached hydrogens (primary N) is 1. The number of aromatic hydroxyl groups is 1. The van der Waals surface area contributed by atoms with E-state index in [2.05, 4.69) is 15.0 Å². The number of nitrogen functional groups attached to an aromatic ring is 1. The molecule has 1 aliphatic heterocycles. The Kier molecular flexibility index (Phi) is 8.16. The first-order valence-corrected chi connectivity index (χ1v) is 13.4. The smallest absolute Gasteiger partial charge is 0.356 e. The standard InChI is InChI=1S/C28H25F2N7O5S/c1-36-9-8-33-25(36)16-11-15(43-28-35-13-18(37(28)2)27(39)40-3)5-7-20(16)41-23-17(29)12-34-26(22(23)30)42-21-10-14(24(31)32)4-6-19(21)38/h4-7,10-13,38H,8-9H2,1-3H3,(H3,31,32). The van der Waals surface area contributed by atoms with Crippen molar-refractivity contribution in [1.29, 1.82) is 5.41 Å². The fourth-order valence-electron chi connectivity index (χ4n) is 4.12. The molecule has 2 aromatic heterocycles. The van der Waals surface area contributed by atoms with Crippen LogP contribution in [0.1, 0.15) is 21.6 Å². The molecule has 43 heavy (non-hydrogen) atoms. The Morgan fingerprint density at radius 3 is 2.58 bits per heavy atom. The lowest BCUT2D eigenvalue weighted by atomic mass is 10.1. The number of phenols is 1. The lowest BCUT2D eigenvalue weighted by Crippen LogP contribution is -2.24. The van der Waals surface area contributed by atoms with Crippen molar-refractivity contribution in [3.8, 4) is 28.9 Å². The number of methoxy groups -OCH3 is 1. The maximum Gasteiger partial charge on any atom is 0.356 e. The zero-order valence-electron chi connectivity index (χ0n) is 23.1. The molecule has 0 atom stereocenters. The molecule has 0 saturated heterocycles. The lowest BCUT2D eigenvalue weighted by Gasteiger charge is -2.19. The molecule has 0 bridgehead atoms. The normalized spacial score (nSPS) is 12.7. The van der Waals surface area contributed by atoms with Crippen molar-refractivity contribution in [2.24, 2.45) is 17.8 Å². The van der Waals surface area contributed by atoms with E-state index in [1.807, 2.05) is 11.9 Å². The summed E-state index contributed by atoms with van der Waals surface area (Å²) >= 11 is 1.26. The van der Waals surface area contributed by atoms with Gasteiger partial charge >= 0.3 is 5.97 Å². The van der Waals surface area contributed by atoms with Crippen LogP contribution in [0.2, 0.25) is 0 Å². The molecule has 12 nitrogen and oxygen atoms in total. The number of esters is 1. The number of phenolic OH excluding ortho intramolecular Hbond substituents is 1. The summed E-state index contributed by atoms with van der Waals surface area (Å²) in [4.78, 5) is 27.1. The Hall–Kier alpha value is -5.18. The van der Waals surface area contributed by atoms with Crippen LogP contribution in [-0.4, -0.2) is 69.4 Å². The number of nitrogens with one attached hydrogen (secondary N) is 1. The molecular weight excluding hydrogens is 584 g/mol. The molecular formula is C28H25F2N7O5S. The number of aromatic nitrogens is 3. The van der Waals surface area contributed by atoms with E-state index in [0.717, 1.165) is 6.20 Å². The summed E-state index contributed by atoms with van der Waals surface area (Å²) in [5, 5.41) is 18.2. The number of hydrogen-bond donors (Lipinski definition) is 3. The molecule has 222 valence electrons. The summed E-state index contributed by atoms with van der Waals surface area (Å²) in [6.07, 6.45) is 2.13. The third-order valence-corrected chi connectivity index (χ3v) is 7.44. The predicted molar refractivity (Wildman–Crippen MR) is 153 cm³/mol. The molecule has 0 unspecified atom stereocenters. The molecule has 2 aromatic carbocycles. The molecule has 15 heteroatoms. The van der Waals surface area contributed by atoms with Crippen LogP contribution in [0.4, 0.5) is 8.78 Å². The zero-order valence-corrected chi connectivity index (χ0v) is 23.9. The minimum atomic E-state index is -1.26. The predicted octanol–water partition coefficient (Wildman–Crippen LogP) is 4.30. The largest absolute Gasteiger partial charge is 0.504 e. The van der Waals surface area contributed by atoms with E-state index in [9.17, 15) is 14.3 Å². The van der Waals surface area contributed by atoms with Crippen molar-refractivity contribution in [3.05, 3.63) is 77.2 Å². The van der Waals surface area contributed by atoms with Gasteiger partial charge in [0.15, 0.2) is 22.5 Å². The number of pyridine rings is 1. The highest BCUT2D eigenvalue weighted by molar-refractivity contribution is 7.99. The average Bonchev–Trinajstić information content (AvgIpc) is 3.58. The van der Waals surface area contributed by atoms with Crippen molar-refractivity contribution >= 4 is 29.4 Å². The van der Waals surface area contributed by atoms with E-state index in [4.69, 9.17) is 25.4 Å². The van der Waals surface area contributed by atoms with Gasteiger partial charge in [-0.1, -0.05) is 11.8 Å². The van der Waals surface area contributed by atoms with Crippen LogP contribution < -0.4 is 15.2 Å². The van der Waals surface area contributed by atoms with E-state index in [1.165, 1.54) is 43.3 Å². The first-order valence-electron chi connectivity index (χ1n) is 12.6. The highest BCUT2D eigenvalue weighted by atomic mass is 32.2. The van der Waals surface area contributed by atoms with Crippen molar-refractivity contribution in [2.45, 2.75) is 10.1 Å². The van der Waals surface area contributed by atoms with Crippen LogP contribution in [-0.2, 0) is 11.8 Å². The van der Waals surface area contributed by atoms with Crippen molar-refractivity contribution in [3.63, 3.8) is 0 Å². The van der Waals surface area contributed by atoms with Gasteiger partial charge in [0.1, 0.15) is 23.1 Å². The van der Waals surface area contributed by atoms with Crippen LogP contribution in [0.5, 0.6) is 28.9 Å². The van der Waals surface area contributed by atoms with Crippen LogP contribution in [0, 0.1) is 17.0 Å². The van der Waals surface area contributed by atoms with E-state index in [1.54, 1.807) is 29.8 Å². The average molecular weight is 610 g/mol. The molecule has 0 saturated carbocycles. The number of benzene rings is 2. The Balaban J connectivity index is 1.49. The highest BCUT2D eigenvalue weighted by Gasteiger charge is 2.25. The van der Waals surface area contributed by atoms with Gasteiger partial charge in [0, 0.05) is 31.1 Å². The Labute approximate surface area is 248 Å². The molecule has 0 amide bonds. The molecule has 0 radical (unpaired) electrons. The Morgan fingerprint density at radius 1 is 1.09 bits per heavy atom. The molecule has 0 spiro atoms. The number of rotatable bonds is 9. The van der Waals surface area contributed by atoms with Gasteiger partial charge in [-0.15, -0.1) is 0 Å². The summed E-state index contributed by atoms with van der Waals surface area (Å²) in [5.41, 5.74) is 6.43. The van der Waals surface area contributed by atoms with Crippen LogP contribution in [0.15, 0.2) is 63.8 Å². The number of likely N-dealkylation sites (N-methyl/N-ethyl adjacent to an activating group) is 1. The first-order chi connectivity index (χ1) is 20.6. The van der Waals surface area contributed by atoms with E-state index in [0.29, 0.717) is 34.5 Å². The van der Waals surface area contributed by atoms with Crippen molar-refractivity contribution in [2.75, 3.05) is 27.2 Å². The summed E-state index contributed by atoms with van der Waals surface area (Å²) in [6.45, 7) is 1.15. The molecule has 1 aliphatic rings. The van der Waals surface area contributed by atoms with Gasteiger partial charge in [-0.2, -0.15) is 4.39 Å². The fraction of sp³-hybridized carbons (Fsp3) is 0.179. The number of carbonyl (C=O) groups is 1. The second kappa shape index (κ2) is 12.0. The van der Waals surface area contributed by atoms with Gasteiger partial charge in [-0.25, -0.2) is 19.2 Å². The number of imidazole rings is 1. The summed E-state index contributed by atoms with van der Waals surface area (Å²) < 4.78 is 48.1. The summed E-state index contributed by atoms with van der Waals surface area (Å²) in [7, 11) is 4.79. The highest BCUT2D eigenvalue weighted by Crippen LogP contribution is 2.39. The van der Waals surface area contributed by atoms with E-state index in [-0.39, 0.29) is 34.3 Å². The number of hydrogen-bond acceptors (Lipinski definition) is 11. The van der Waals surface area contributed by atoms with Crippen LogP contribution in [0.25, 0.3) is 0 Å². The Bertz CT molecular complexity index is 1780. The minimum Gasteiger partial charge on any atom is -0.504 e. The number of aliphatic imine (C=N–C) groups is 1. The number of carbonyl (C=O) groups excluding carboxylic acids is 1. The lowest BCUT2D eigenvalue weighted by molar-refractivity contribution is 0.0589.